The third-order valence-corrected chi connectivity index (χ3v) is 6.98. The topological polar surface area (TPSA) is 68.7 Å². The monoisotopic (exact) mass is 514 g/mol. The number of nitrogens with zero attached hydrogens (tertiary/aromatic N) is 3. The van der Waals surface area contributed by atoms with Crippen molar-refractivity contribution in [3.8, 4) is 11.5 Å². The van der Waals surface area contributed by atoms with Crippen molar-refractivity contribution in [1.29, 1.82) is 0 Å². The Morgan fingerprint density at radius 2 is 1.86 bits per heavy atom. The minimum atomic E-state index is -0.472. The summed E-state index contributed by atoms with van der Waals surface area (Å²) in [6, 6.07) is 8.31. The van der Waals surface area contributed by atoms with Crippen LogP contribution in [0.2, 0.25) is 5.02 Å². The van der Waals surface area contributed by atoms with E-state index in [1.54, 1.807) is 6.07 Å². The molecule has 192 valence electrons. The highest BCUT2D eigenvalue weighted by atomic mass is 35.5. The van der Waals surface area contributed by atoms with E-state index in [2.05, 4.69) is 20.2 Å². The number of benzene rings is 2. The number of anilines is 2. The van der Waals surface area contributed by atoms with Crippen LogP contribution in [-0.4, -0.2) is 60.4 Å². The van der Waals surface area contributed by atoms with Gasteiger partial charge in [0.05, 0.1) is 29.1 Å². The molecule has 36 heavy (non-hydrogen) atoms. The molecule has 2 aromatic carbocycles. The molecule has 0 radical (unpaired) electrons. The lowest BCUT2D eigenvalue weighted by Crippen LogP contribution is -2.29. The van der Waals surface area contributed by atoms with E-state index in [9.17, 15) is 4.39 Å². The van der Waals surface area contributed by atoms with Crippen molar-refractivity contribution in [3.05, 3.63) is 47.5 Å². The number of hydrogen-bond acceptors (Lipinski definition) is 7. The van der Waals surface area contributed by atoms with Gasteiger partial charge in [-0.1, -0.05) is 24.4 Å². The zero-order valence-electron chi connectivity index (χ0n) is 20.3. The second kappa shape index (κ2) is 12.0. The third-order valence-electron chi connectivity index (χ3n) is 6.69. The van der Waals surface area contributed by atoms with E-state index in [0.717, 1.165) is 37.9 Å². The second-order valence-corrected chi connectivity index (χ2v) is 9.73. The molecule has 2 saturated heterocycles. The first-order valence-electron chi connectivity index (χ1n) is 12.8. The molecule has 0 amide bonds. The Hall–Kier alpha value is -2.68. The SMILES string of the molecule is Fc1ccc(Nc2ncnc3cc(OCCN4CCCCCC4)cc(OC4CCOCC4)c23)cc1Cl. The van der Waals surface area contributed by atoms with Crippen LogP contribution in [0.5, 0.6) is 11.5 Å². The molecule has 3 heterocycles. The van der Waals surface area contributed by atoms with Crippen LogP contribution in [0.3, 0.4) is 0 Å². The summed E-state index contributed by atoms with van der Waals surface area (Å²) in [6.45, 7) is 5.11. The Balaban J connectivity index is 1.41. The Bertz CT molecular complexity index is 1170. The van der Waals surface area contributed by atoms with E-state index >= 15 is 0 Å². The van der Waals surface area contributed by atoms with Gasteiger partial charge in [0.2, 0.25) is 0 Å². The predicted octanol–water partition coefficient (Wildman–Crippen LogP) is 5.98. The number of rotatable bonds is 8. The van der Waals surface area contributed by atoms with Gasteiger partial charge >= 0.3 is 0 Å². The van der Waals surface area contributed by atoms with Gasteiger partial charge in [0.25, 0.3) is 0 Å². The molecule has 3 aromatic rings. The van der Waals surface area contributed by atoms with Crippen LogP contribution in [0.4, 0.5) is 15.9 Å². The van der Waals surface area contributed by atoms with Crippen molar-refractivity contribution in [3.63, 3.8) is 0 Å². The summed E-state index contributed by atoms with van der Waals surface area (Å²) in [4.78, 5) is 11.4. The van der Waals surface area contributed by atoms with Gasteiger partial charge in [-0.25, -0.2) is 14.4 Å². The molecule has 0 bridgehead atoms. The fourth-order valence-corrected chi connectivity index (χ4v) is 4.92. The molecule has 1 aromatic heterocycles. The number of nitrogens with one attached hydrogen (secondary N) is 1. The Labute approximate surface area is 215 Å². The van der Waals surface area contributed by atoms with Crippen molar-refractivity contribution in [2.45, 2.75) is 44.6 Å². The Kier molecular flexibility index (Phi) is 8.36. The average molecular weight is 515 g/mol. The maximum Gasteiger partial charge on any atom is 0.145 e. The molecule has 0 saturated carbocycles. The van der Waals surface area contributed by atoms with E-state index in [4.69, 9.17) is 25.8 Å². The molecule has 5 rings (SSSR count). The standard InChI is InChI=1S/C27H32ClFN4O3/c28-22-15-19(5-6-23(22)29)32-27-26-24(30-18-31-27)16-21(17-25(26)36-20-7-12-34-13-8-20)35-14-11-33-9-3-1-2-4-10-33/h5-6,15-18,20H,1-4,7-14H2,(H,30,31,32). The smallest absolute Gasteiger partial charge is 0.145 e. The van der Waals surface area contributed by atoms with E-state index in [1.807, 2.05) is 12.1 Å². The van der Waals surface area contributed by atoms with Crippen LogP contribution in [-0.2, 0) is 4.74 Å². The summed E-state index contributed by atoms with van der Waals surface area (Å²) in [5, 5.41) is 4.03. The Morgan fingerprint density at radius 3 is 2.64 bits per heavy atom. The van der Waals surface area contributed by atoms with Crippen molar-refractivity contribution in [1.82, 2.24) is 14.9 Å². The molecule has 7 nitrogen and oxygen atoms in total. The van der Waals surface area contributed by atoms with Crippen LogP contribution in [0, 0.1) is 5.82 Å². The first-order chi connectivity index (χ1) is 17.7. The lowest BCUT2D eigenvalue weighted by atomic mass is 10.1. The maximum atomic E-state index is 13.7. The first kappa shape index (κ1) is 25.0. The largest absolute Gasteiger partial charge is 0.492 e. The molecule has 0 atom stereocenters. The molecule has 0 unspecified atom stereocenters. The lowest BCUT2D eigenvalue weighted by Gasteiger charge is -2.25. The Morgan fingerprint density at radius 1 is 1.06 bits per heavy atom. The van der Waals surface area contributed by atoms with Gasteiger partial charge in [-0.2, -0.15) is 0 Å². The van der Waals surface area contributed by atoms with Gasteiger partial charge in [-0.15, -0.1) is 0 Å². The number of halogens is 2. The molecule has 2 fully saturated rings. The first-order valence-corrected chi connectivity index (χ1v) is 13.1. The highest BCUT2D eigenvalue weighted by molar-refractivity contribution is 6.31. The van der Waals surface area contributed by atoms with Crippen LogP contribution in [0.1, 0.15) is 38.5 Å². The van der Waals surface area contributed by atoms with E-state index in [-0.39, 0.29) is 11.1 Å². The molecular formula is C27H32ClFN4O3. The van der Waals surface area contributed by atoms with Crippen LogP contribution in [0.25, 0.3) is 10.9 Å². The summed E-state index contributed by atoms with van der Waals surface area (Å²) in [5.41, 5.74) is 1.33. The van der Waals surface area contributed by atoms with E-state index in [1.165, 1.54) is 44.1 Å². The summed E-state index contributed by atoms with van der Waals surface area (Å²) >= 11 is 5.99. The van der Waals surface area contributed by atoms with Gasteiger partial charge in [0, 0.05) is 37.2 Å². The molecule has 2 aliphatic heterocycles. The van der Waals surface area contributed by atoms with Gasteiger partial charge in [0.15, 0.2) is 0 Å². The van der Waals surface area contributed by atoms with Gasteiger partial charge in [-0.3, -0.25) is 4.90 Å². The minimum Gasteiger partial charge on any atom is -0.492 e. The van der Waals surface area contributed by atoms with Crippen molar-refractivity contribution in [2.75, 3.05) is 44.8 Å². The van der Waals surface area contributed by atoms with Crippen LogP contribution in [0.15, 0.2) is 36.7 Å². The fraction of sp³-hybridized carbons (Fsp3) is 0.481. The predicted molar refractivity (Wildman–Crippen MR) is 139 cm³/mol. The normalized spacial score (nSPS) is 17.6. The van der Waals surface area contributed by atoms with Gasteiger partial charge in [-0.05, 0) is 44.1 Å². The molecule has 9 heteroatoms. The molecule has 0 aliphatic carbocycles. The summed E-state index contributed by atoms with van der Waals surface area (Å²) in [5.74, 6) is 1.45. The van der Waals surface area contributed by atoms with Gasteiger partial charge < -0.3 is 19.5 Å². The zero-order chi connectivity index (χ0) is 24.7. The van der Waals surface area contributed by atoms with Gasteiger partial charge in [0.1, 0.15) is 42.2 Å². The number of fused-ring (bicyclic) bond motifs is 1. The van der Waals surface area contributed by atoms with Crippen molar-refractivity contribution in [2.24, 2.45) is 0 Å². The van der Waals surface area contributed by atoms with Crippen molar-refractivity contribution >= 4 is 34.0 Å². The summed E-state index contributed by atoms with van der Waals surface area (Å²) in [7, 11) is 0. The maximum absolute atomic E-state index is 13.7. The molecule has 1 N–H and O–H groups in total. The number of likely N-dealkylation sites (tertiary alicyclic amines) is 1. The fourth-order valence-electron chi connectivity index (χ4n) is 4.74. The third kappa shape index (κ3) is 6.35. The number of ether oxygens (including phenoxy) is 3. The molecule has 2 aliphatic rings. The van der Waals surface area contributed by atoms with E-state index in [0.29, 0.717) is 48.3 Å². The number of hydrogen-bond donors (Lipinski definition) is 1. The number of aromatic nitrogens is 2. The lowest BCUT2D eigenvalue weighted by molar-refractivity contribution is 0.0261. The molecule has 0 spiro atoms. The highest BCUT2D eigenvalue weighted by Crippen LogP contribution is 2.37. The summed E-state index contributed by atoms with van der Waals surface area (Å²) < 4.78 is 31.8. The minimum absolute atomic E-state index is 0.0302. The average Bonchev–Trinajstić information content (AvgIpc) is 3.16. The molecular weight excluding hydrogens is 483 g/mol. The van der Waals surface area contributed by atoms with Crippen molar-refractivity contribution < 1.29 is 18.6 Å². The second-order valence-electron chi connectivity index (χ2n) is 9.33. The zero-order valence-corrected chi connectivity index (χ0v) is 21.1. The van der Waals surface area contributed by atoms with E-state index < -0.39 is 5.82 Å². The van der Waals surface area contributed by atoms with Crippen LogP contribution >= 0.6 is 11.6 Å². The highest BCUT2D eigenvalue weighted by Gasteiger charge is 2.20. The quantitative estimate of drug-likeness (QED) is 0.396. The summed E-state index contributed by atoms with van der Waals surface area (Å²) in [6.07, 6.45) is 8.29. The van der Waals surface area contributed by atoms with Crippen LogP contribution < -0.4 is 14.8 Å².